The highest BCUT2D eigenvalue weighted by molar-refractivity contribution is 7.13. The SMILES string of the molecule is CC(C)NC(=O)c1nsc2c[c]ccc12. The molecular weight excluding hydrogens is 208 g/mol. The van der Waals surface area contributed by atoms with E-state index in [0.717, 1.165) is 10.1 Å². The summed E-state index contributed by atoms with van der Waals surface area (Å²) in [6.07, 6.45) is 0. The van der Waals surface area contributed by atoms with Gasteiger partial charge in [-0.3, -0.25) is 4.79 Å². The Kier molecular flexibility index (Phi) is 2.68. The van der Waals surface area contributed by atoms with Crippen molar-refractivity contribution in [3.8, 4) is 0 Å². The van der Waals surface area contributed by atoms with Gasteiger partial charge < -0.3 is 5.32 Å². The van der Waals surface area contributed by atoms with Crippen LogP contribution in [0.4, 0.5) is 0 Å². The number of nitrogens with zero attached hydrogens (tertiary/aromatic N) is 1. The molecule has 0 aliphatic heterocycles. The Balaban J connectivity index is 2.40. The van der Waals surface area contributed by atoms with Crippen LogP contribution in [0.15, 0.2) is 18.2 Å². The van der Waals surface area contributed by atoms with Gasteiger partial charge >= 0.3 is 0 Å². The third-order valence-electron chi connectivity index (χ3n) is 1.95. The molecule has 0 aliphatic carbocycles. The van der Waals surface area contributed by atoms with Crippen molar-refractivity contribution in [1.29, 1.82) is 0 Å². The van der Waals surface area contributed by atoms with E-state index in [1.807, 2.05) is 26.0 Å². The Morgan fingerprint density at radius 1 is 1.60 bits per heavy atom. The highest BCUT2D eigenvalue weighted by Gasteiger charge is 2.14. The molecule has 0 fully saturated rings. The zero-order valence-electron chi connectivity index (χ0n) is 8.57. The molecule has 0 bridgehead atoms. The molecule has 0 saturated carbocycles. The number of hydrogen-bond donors (Lipinski definition) is 1. The standard InChI is InChI=1S/C11H11N2OS/c1-7(2)12-11(14)10-8-5-3-4-6-9(8)15-13-10/h3,5-7H,1-2H3,(H,12,14). The number of fused-ring (bicyclic) bond motifs is 1. The first-order chi connectivity index (χ1) is 7.18. The van der Waals surface area contributed by atoms with Crippen LogP contribution >= 0.6 is 11.5 Å². The summed E-state index contributed by atoms with van der Waals surface area (Å²) in [5.74, 6) is -0.109. The van der Waals surface area contributed by atoms with E-state index in [2.05, 4.69) is 15.8 Å². The lowest BCUT2D eigenvalue weighted by molar-refractivity contribution is 0.0941. The van der Waals surface area contributed by atoms with Crippen LogP contribution in [0.25, 0.3) is 10.1 Å². The molecule has 77 valence electrons. The van der Waals surface area contributed by atoms with E-state index >= 15 is 0 Å². The number of rotatable bonds is 2. The van der Waals surface area contributed by atoms with Gasteiger partial charge in [-0.05, 0) is 37.5 Å². The fourth-order valence-electron chi connectivity index (χ4n) is 1.32. The molecule has 1 radical (unpaired) electrons. The number of nitrogens with one attached hydrogen (secondary N) is 1. The van der Waals surface area contributed by atoms with Gasteiger partial charge in [-0.15, -0.1) is 0 Å². The lowest BCUT2D eigenvalue weighted by atomic mass is 10.2. The van der Waals surface area contributed by atoms with E-state index in [4.69, 9.17) is 0 Å². The van der Waals surface area contributed by atoms with Crippen LogP contribution in [0, 0.1) is 6.07 Å². The minimum atomic E-state index is -0.109. The summed E-state index contributed by atoms with van der Waals surface area (Å²) < 4.78 is 5.15. The Morgan fingerprint density at radius 3 is 3.13 bits per heavy atom. The second-order valence-electron chi connectivity index (χ2n) is 3.58. The molecule has 0 aliphatic rings. The summed E-state index contributed by atoms with van der Waals surface area (Å²) in [7, 11) is 0. The quantitative estimate of drug-likeness (QED) is 0.841. The first-order valence-electron chi connectivity index (χ1n) is 4.75. The van der Waals surface area contributed by atoms with Crippen molar-refractivity contribution in [3.63, 3.8) is 0 Å². The van der Waals surface area contributed by atoms with Gasteiger partial charge in [0.2, 0.25) is 0 Å². The zero-order valence-corrected chi connectivity index (χ0v) is 9.39. The minimum Gasteiger partial charge on any atom is -0.348 e. The normalized spacial score (nSPS) is 10.9. The Hall–Kier alpha value is -1.42. The minimum absolute atomic E-state index is 0.109. The number of benzene rings is 1. The molecule has 4 heteroatoms. The summed E-state index contributed by atoms with van der Waals surface area (Å²) in [5.41, 5.74) is 0.512. The average molecular weight is 219 g/mol. The first-order valence-corrected chi connectivity index (χ1v) is 5.52. The van der Waals surface area contributed by atoms with Crippen molar-refractivity contribution in [2.24, 2.45) is 0 Å². The smallest absolute Gasteiger partial charge is 0.271 e. The summed E-state index contributed by atoms with van der Waals surface area (Å²) in [6.45, 7) is 3.86. The molecule has 0 spiro atoms. The number of carbonyl (C=O) groups is 1. The fourth-order valence-corrected chi connectivity index (χ4v) is 2.08. The van der Waals surface area contributed by atoms with Crippen molar-refractivity contribution in [1.82, 2.24) is 9.69 Å². The van der Waals surface area contributed by atoms with Gasteiger partial charge in [0.25, 0.3) is 5.91 Å². The molecule has 1 N–H and O–H groups in total. The molecule has 2 aromatic rings. The van der Waals surface area contributed by atoms with E-state index in [1.165, 1.54) is 11.5 Å². The molecule has 1 aromatic heterocycles. The summed E-state index contributed by atoms with van der Waals surface area (Å²) in [4.78, 5) is 11.8. The third kappa shape index (κ3) is 1.99. The molecule has 15 heavy (non-hydrogen) atoms. The molecule has 1 heterocycles. The molecule has 0 unspecified atom stereocenters. The second-order valence-corrected chi connectivity index (χ2v) is 4.39. The Bertz CT molecular complexity index is 490. The summed E-state index contributed by atoms with van der Waals surface area (Å²) in [6, 6.07) is 8.61. The van der Waals surface area contributed by atoms with Gasteiger partial charge in [-0.25, -0.2) is 0 Å². The van der Waals surface area contributed by atoms with Crippen LogP contribution in [0.2, 0.25) is 0 Å². The highest BCUT2D eigenvalue weighted by atomic mass is 32.1. The van der Waals surface area contributed by atoms with Crippen LogP contribution in [0.1, 0.15) is 24.3 Å². The fraction of sp³-hybridized carbons (Fsp3) is 0.273. The number of carbonyl (C=O) groups excluding carboxylic acids is 1. The van der Waals surface area contributed by atoms with Gasteiger partial charge in [0, 0.05) is 11.4 Å². The van der Waals surface area contributed by atoms with E-state index in [-0.39, 0.29) is 11.9 Å². The molecule has 1 amide bonds. The molecule has 1 aromatic carbocycles. The maximum absolute atomic E-state index is 11.8. The molecule has 3 nitrogen and oxygen atoms in total. The predicted octanol–water partition coefficient (Wildman–Crippen LogP) is 2.23. The highest BCUT2D eigenvalue weighted by Crippen LogP contribution is 2.21. The second kappa shape index (κ2) is 3.98. The summed E-state index contributed by atoms with van der Waals surface area (Å²) in [5, 5.41) is 3.73. The van der Waals surface area contributed by atoms with Crippen molar-refractivity contribution >= 4 is 27.5 Å². The van der Waals surface area contributed by atoms with Crippen molar-refractivity contribution < 1.29 is 4.79 Å². The third-order valence-corrected chi connectivity index (χ3v) is 2.76. The van der Waals surface area contributed by atoms with E-state index in [9.17, 15) is 4.79 Å². The molecule has 0 saturated heterocycles. The monoisotopic (exact) mass is 219 g/mol. The Labute approximate surface area is 92.3 Å². The van der Waals surface area contributed by atoms with E-state index < -0.39 is 0 Å². The lowest BCUT2D eigenvalue weighted by Gasteiger charge is -2.05. The largest absolute Gasteiger partial charge is 0.348 e. The van der Waals surface area contributed by atoms with E-state index in [0.29, 0.717) is 5.69 Å². The van der Waals surface area contributed by atoms with Crippen LogP contribution in [-0.4, -0.2) is 16.3 Å². The maximum atomic E-state index is 11.8. The number of aromatic nitrogens is 1. The van der Waals surface area contributed by atoms with Gasteiger partial charge in [0.1, 0.15) is 5.69 Å². The van der Waals surface area contributed by atoms with Crippen LogP contribution in [0.3, 0.4) is 0 Å². The van der Waals surface area contributed by atoms with Gasteiger partial charge in [0.15, 0.2) is 0 Å². The van der Waals surface area contributed by atoms with Crippen LogP contribution in [-0.2, 0) is 0 Å². The number of amides is 1. The molecule has 0 atom stereocenters. The van der Waals surface area contributed by atoms with Gasteiger partial charge in [-0.2, -0.15) is 4.37 Å². The topological polar surface area (TPSA) is 42.0 Å². The average Bonchev–Trinajstić information content (AvgIpc) is 2.59. The van der Waals surface area contributed by atoms with Crippen molar-refractivity contribution in [2.45, 2.75) is 19.9 Å². The Morgan fingerprint density at radius 2 is 2.40 bits per heavy atom. The first kappa shape index (κ1) is 10.1. The lowest BCUT2D eigenvalue weighted by Crippen LogP contribution is -2.30. The van der Waals surface area contributed by atoms with Crippen molar-refractivity contribution in [2.75, 3.05) is 0 Å². The molecule has 2 rings (SSSR count). The van der Waals surface area contributed by atoms with Crippen LogP contribution in [0.5, 0.6) is 0 Å². The summed E-state index contributed by atoms with van der Waals surface area (Å²) >= 11 is 1.33. The van der Waals surface area contributed by atoms with Gasteiger partial charge in [0.05, 0.1) is 4.70 Å². The van der Waals surface area contributed by atoms with Gasteiger partial charge in [-0.1, -0.05) is 12.1 Å². The zero-order chi connectivity index (χ0) is 10.8. The predicted molar refractivity (Wildman–Crippen MR) is 61.1 cm³/mol. The van der Waals surface area contributed by atoms with Crippen LogP contribution < -0.4 is 5.32 Å². The van der Waals surface area contributed by atoms with E-state index in [1.54, 1.807) is 6.07 Å². The molecular formula is C11H11N2OS. The van der Waals surface area contributed by atoms with Crippen molar-refractivity contribution in [3.05, 3.63) is 30.0 Å². The number of hydrogen-bond acceptors (Lipinski definition) is 3. The maximum Gasteiger partial charge on any atom is 0.271 e.